The number of carbonyl (C=O) groups is 1. The fourth-order valence-electron chi connectivity index (χ4n) is 2.42. The molecule has 1 amide bonds. The number of hydrogen-bond donors (Lipinski definition) is 2. The van der Waals surface area contributed by atoms with Crippen LogP contribution in [0.2, 0.25) is 0 Å². The van der Waals surface area contributed by atoms with Crippen LogP contribution in [-0.4, -0.2) is 48.2 Å². The van der Waals surface area contributed by atoms with Gasteiger partial charge in [0.2, 0.25) is 5.91 Å². The molecule has 1 aliphatic rings. The molecule has 1 fully saturated rings. The van der Waals surface area contributed by atoms with E-state index in [1.165, 1.54) is 0 Å². The third-order valence-electron chi connectivity index (χ3n) is 3.30. The van der Waals surface area contributed by atoms with Crippen molar-refractivity contribution >= 4 is 24.1 Å². The second-order valence-corrected chi connectivity index (χ2v) is 4.99. The average Bonchev–Trinajstić information content (AvgIpc) is 3.00. The predicted molar refractivity (Wildman–Crippen MR) is 80.3 cm³/mol. The molecule has 0 radical (unpaired) electrons. The minimum Gasteiger partial charge on any atom is -0.360 e. The monoisotopic (exact) mass is 302 g/mol. The van der Waals surface area contributed by atoms with E-state index in [1.54, 1.807) is 13.0 Å². The van der Waals surface area contributed by atoms with Crippen molar-refractivity contribution in [2.75, 3.05) is 31.5 Å². The highest BCUT2D eigenvalue weighted by atomic mass is 35.5. The molecule has 1 atom stereocenters. The Morgan fingerprint density at radius 1 is 1.65 bits per heavy atom. The Bertz CT molecular complexity index is 418. The maximum Gasteiger partial charge on any atom is 0.239 e. The van der Waals surface area contributed by atoms with E-state index in [4.69, 9.17) is 4.52 Å². The van der Waals surface area contributed by atoms with E-state index in [0.717, 1.165) is 32.5 Å². The van der Waals surface area contributed by atoms with Crippen LogP contribution in [0.25, 0.3) is 0 Å². The lowest BCUT2D eigenvalue weighted by Crippen LogP contribution is -2.42. The number of aromatic nitrogens is 1. The van der Waals surface area contributed by atoms with E-state index in [-0.39, 0.29) is 18.3 Å². The third kappa shape index (κ3) is 4.77. The Balaban J connectivity index is 0.00000200. The van der Waals surface area contributed by atoms with Crippen molar-refractivity contribution in [3.8, 4) is 0 Å². The number of anilines is 1. The molecule has 0 bridgehead atoms. The lowest BCUT2D eigenvalue weighted by atomic mass is 10.2. The standard InChI is InChI=1S/C13H22N4O2.ClH/c1-3-6-17(11-4-5-14-8-11)9-13(18)15-12-7-10(2)19-16-12;/h7,11,14H,3-6,8-9H2,1-2H3,(H,15,16,18);1H. The fraction of sp³-hybridized carbons (Fsp3) is 0.692. The lowest BCUT2D eigenvalue weighted by molar-refractivity contribution is -0.117. The minimum absolute atomic E-state index is 0. The van der Waals surface area contributed by atoms with Gasteiger partial charge in [-0.2, -0.15) is 0 Å². The summed E-state index contributed by atoms with van der Waals surface area (Å²) in [6.45, 7) is 7.29. The molecule has 114 valence electrons. The van der Waals surface area contributed by atoms with Crippen LogP contribution in [0.15, 0.2) is 10.6 Å². The summed E-state index contributed by atoms with van der Waals surface area (Å²) in [6, 6.07) is 2.18. The smallest absolute Gasteiger partial charge is 0.239 e. The first kappa shape index (κ1) is 16.9. The molecule has 2 N–H and O–H groups in total. The summed E-state index contributed by atoms with van der Waals surface area (Å²) in [7, 11) is 0. The van der Waals surface area contributed by atoms with Gasteiger partial charge in [0.15, 0.2) is 5.82 Å². The number of nitrogens with zero attached hydrogens (tertiary/aromatic N) is 2. The topological polar surface area (TPSA) is 70.4 Å². The van der Waals surface area contributed by atoms with Gasteiger partial charge in [-0.1, -0.05) is 12.1 Å². The molecular weight excluding hydrogens is 280 g/mol. The van der Waals surface area contributed by atoms with Crippen LogP contribution in [0.4, 0.5) is 5.82 Å². The molecule has 0 saturated carbocycles. The zero-order valence-electron chi connectivity index (χ0n) is 12.0. The maximum absolute atomic E-state index is 12.0. The van der Waals surface area contributed by atoms with Crippen molar-refractivity contribution in [1.82, 2.24) is 15.4 Å². The van der Waals surface area contributed by atoms with Gasteiger partial charge in [-0.15, -0.1) is 12.4 Å². The summed E-state index contributed by atoms with van der Waals surface area (Å²) in [5, 5.41) is 9.87. The first-order chi connectivity index (χ1) is 9.19. The van der Waals surface area contributed by atoms with Crippen molar-refractivity contribution in [1.29, 1.82) is 0 Å². The fourth-order valence-corrected chi connectivity index (χ4v) is 2.42. The molecule has 0 spiro atoms. The van der Waals surface area contributed by atoms with Crippen molar-refractivity contribution in [2.45, 2.75) is 32.7 Å². The largest absolute Gasteiger partial charge is 0.360 e. The minimum atomic E-state index is -0.0337. The molecule has 7 heteroatoms. The first-order valence-corrected chi connectivity index (χ1v) is 6.87. The van der Waals surface area contributed by atoms with Gasteiger partial charge >= 0.3 is 0 Å². The number of nitrogens with one attached hydrogen (secondary N) is 2. The summed E-state index contributed by atoms with van der Waals surface area (Å²) in [5.74, 6) is 1.15. The summed E-state index contributed by atoms with van der Waals surface area (Å²) in [5.41, 5.74) is 0. The number of amides is 1. The second-order valence-electron chi connectivity index (χ2n) is 4.99. The maximum atomic E-state index is 12.0. The molecule has 1 aromatic heterocycles. The van der Waals surface area contributed by atoms with Crippen LogP contribution in [0.1, 0.15) is 25.5 Å². The molecule has 20 heavy (non-hydrogen) atoms. The van der Waals surface area contributed by atoms with E-state index < -0.39 is 0 Å². The van der Waals surface area contributed by atoms with Gasteiger partial charge in [0, 0.05) is 18.7 Å². The molecule has 2 heterocycles. The zero-order chi connectivity index (χ0) is 13.7. The highest BCUT2D eigenvalue weighted by Crippen LogP contribution is 2.11. The highest BCUT2D eigenvalue weighted by molar-refractivity contribution is 5.91. The normalized spacial score (nSPS) is 18.1. The number of hydrogen-bond acceptors (Lipinski definition) is 5. The molecular formula is C13H23ClN4O2. The van der Waals surface area contributed by atoms with Crippen LogP contribution >= 0.6 is 12.4 Å². The molecule has 1 unspecified atom stereocenters. The first-order valence-electron chi connectivity index (χ1n) is 6.87. The van der Waals surface area contributed by atoms with E-state index in [1.807, 2.05) is 0 Å². The zero-order valence-corrected chi connectivity index (χ0v) is 12.8. The van der Waals surface area contributed by atoms with Gasteiger partial charge in [0.25, 0.3) is 0 Å². The lowest BCUT2D eigenvalue weighted by Gasteiger charge is -2.26. The van der Waals surface area contributed by atoms with Crippen LogP contribution in [-0.2, 0) is 4.79 Å². The summed E-state index contributed by atoms with van der Waals surface area (Å²) < 4.78 is 4.93. The number of rotatable bonds is 6. The SMILES string of the molecule is CCCN(CC(=O)Nc1cc(C)on1)C1CCNC1.Cl. The van der Waals surface area contributed by atoms with Crippen LogP contribution in [0, 0.1) is 6.92 Å². The van der Waals surface area contributed by atoms with Crippen molar-refractivity contribution in [3.63, 3.8) is 0 Å². The number of aryl methyl sites for hydroxylation is 1. The number of halogens is 1. The highest BCUT2D eigenvalue weighted by Gasteiger charge is 2.23. The Morgan fingerprint density at radius 3 is 3.00 bits per heavy atom. The van der Waals surface area contributed by atoms with Crippen LogP contribution < -0.4 is 10.6 Å². The van der Waals surface area contributed by atoms with Gasteiger partial charge in [0.1, 0.15) is 5.76 Å². The molecule has 0 aromatic carbocycles. The van der Waals surface area contributed by atoms with E-state index in [0.29, 0.717) is 24.2 Å². The van der Waals surface area contributed by atoms with Crippen LogP contribution in [0.3, 0.4) is 0 Å². The summed E-state index contributed by atoms with van der Waals surface area (Å²) >= 11 is 0. The Hall–Kier alpha value is -1.11. The van der Waals surface area contributed by atoms with E-state index in [2.05, 4.69) is 27.6 Å². The van der Waals surface area contributed by atoms with Gasteiger partial charge in [-0.25, -0.2) is 0 Å². The summed E-state index contributed by atoms with van der Waals surface area (Å²) in [6.07, 6.45) is 2.16. The van der Waals surface area contributed by atoms with Gasteiger partial charge in [-0.3, -0.25) is 9.69 Å². The molecule has 6 nitrogen and oxygen atoms in total. The quantitative estimate of drug-likeness (QED) is 0.831. The second kappa shape index (κ2) is 8.24. The Kier molecular flexibility index (Phi) is 6.98. The molecule has 1 aromatic rings. The average molecular weight is 303 g/mol. The Labute approximate surface area is 125 Å². The molecule has 0 aliphatic carbocycles. The van der Waals surface area contributed by atoms with Gasteiger partial charge in [-0.05, 0) is 32.9 Å². The predicted octanol–water partition coefficient (Wildman–Crippen LogP) is 1.42. The van der Waals surface area contributed by atoms with E-state index in [9.17, 15) is 4.79 Å². The van der Waals surface area contributed by atoms with Crippen molar-refractivity contribution in [3.05, 3.63) is 11.8 Å². The number of carbonyl (C=O) groups excluding carboxylic acids is 1. The molecule has 1 saturated heterocycles. The van der Waals surface area contributed by atoms with Crippen molar-refractivity contribution in [2.24, 2.45) is 0 Å². The van der Waals surface area contributed by atoms with Crippen molar-refractivity contribution < 1.29 is 9.32 Å². The Morgan fingerprint density at radius 2 is 2.45 bits per heavy atom. The molecule has 1 aliphatic heterocycles. The van der Waals surface area contributed by atoms with Crippen LogP contribution in [0.5, 0.6) is 0 Å². The van der Waals surface area contributed by atoms with E-state index >= 15 is 0 Å². The third-order valence-corrected chi connectivity index (χ3v) is 3.30. The van der Waals surface area contributed by atoms with Gasteiger partial charge in [0.05, 0.1) is 6.54 Å². The summed E-state index contributed by atoms with van der Waals surface area (Å²) in [4.78, 5) is 14.2. The molecule has 2 rings (SSSR count). The van der Waals surface area contributed by atoms with Gasteiger partial charge < -0.3 is 15.2 Å².